The van der Waals surface area contributed by atoms with Crippen molar-refractivity contribution in [2.75, 3.05) is 6.61 Å². The van der Waals surface area contributed by atoms with E-state index in [2.05, 4.69) is 33.0 Å². The molecule has 0 aromatic heterocycles. The molecule has 0 spiro atoms. The zero-order chi connectivity index (χ0) is 15.5. The van der Waals surface area contributed by atoms with Gasteiger partial charge in [-0.25, -0.2) is 0 Å². The molecule has 0 saturated carbocycles. The van der Waals surface area contributed by atoms with Crippen LogP contribution >= 0.6 is 0 Å². The molecule has 1 aliphatic heterocycles. The van der Waals surface area contributed by atoms with Gasteiger partial charge >= 0.3 is 0 Å². The Balaban J connectivity index is 2.13. The van der Waals surface area contributed by atoms with Gasteiger partial charge in [0.15, 0.2) is 0 Å². The minimum Gasteiger partial charge on any atom is -0.494 e. The molecular formula is C18H27NO2. The van der Waals surface area contributed by atoms with Gasteiger partial charge in [-0.2, -0.15) is 0 Å². The summed E-state index contributed by atoms with van der Waals surface area (Å²) in [5.41, 5.74) is 2.14. The Morgan fingerprint density at radius 2 is 2.10 bits per heavy atom. The monoisotopic (exact) mass is 289 g/mol. The number of amides is 1. The van der Waals surface area contributed by atoms with Crippen LogP contribution in [0.4, 0.5) is 0 Å². The number of carbonyl (C=O) groups excluding carboxylic acids is 1. The van der Waals surface area contributed by atoms with Gasteiger partial charge in [-0.1, -0.05) is 27.7 Å². The molecule has 1 heterocycles. The van der Waals surface area contributed by atoms with Crippen molar-refractivity contribution in [1.82, 2.24) is 5.32 Å². The fraction of sp³-hybridized carbons (Fsp3) is 0.611. The van der Waals surface area contributed by atoms with Gasteiger partial charge < -0.3 is 10.1 Å². The summed E-state index contributed by atoms with van der Waals surface area (Å²) in [7, 11) is 0. The smallest absolute Gasteiger partial charge is 0.251 e. The maximum atomic E-state index is 12.4. The van der Waals surface area contributed by atoms with Crippen molar-refractivity contribution in [2.45, 2.75) is 59.4 Å². The number of fused-ring (bicyclic) bond motifs is 1. The van der Waals surface area contributed by atoms with Crippen LogP contribution in [0.5, 0.6) is 5.75 Å². The molecule has 1 atom stereocenters. The van der Waals surface area contributed by atoms with E-state index in [0.717, 1.165) is 49.2 Å². The summed E-state index contributed by atoms with van der Waals surface area (Å²) < 4.78 is 5.67. The van der Waals surface area contributed by atoms with E-state index < -0.39 is 0 Å². The third kappa shape index (κ3) is 4.48. The second-order valence-corrected chi connectivity index (χ2v) is 7.14. The Morgan fingerprint density at radius 3 is 2.76 bits per heavy atom. The highest BCUT2D eigenvalue weighted by Crippen LogP contribution is 2.27. The number of aryl methyl sites for hydroxylation is 1. The highest BCUT2D eigenvalue weighted by molar-refractivity contribution is 5.96. The van der Waals surface area contributed by atoms with Gasteiger partial charge in [-0.15, -0.1) is 0 Å². The molecule has 21 heavy (non-hydrogen) atoms. The molecule has 0 bridgehead atoms. The summed E-state index contributed by atoms with van der Waals surface area (Å²) in [6, 6.07) is 6.09. The van der Waals surface area contributed by atoms with E-state index in [1.807, 2.05) is 18.2 Å². The van der Waals surface area contributed by atoms with E-state index in [1.54, 1.807) is 0 Å². The molecule has 0 radical (unpaired) electrons. The molecule has 0 aliphatic carbocycles. The van der Waals surface area contributed by atoms with Gasteiger partial charge in [-0.05, 0) is 54.9 Å². The van der Waals surface area contributed by atoms with E-state index in [9.17, 15) is 4.79 Å². The minimum absolute atomic E-state index is 0.0544. The Hall–Kier alpha value is -1.51. The SMILES string of the molecule is CCCOc1ccc2c(c1)CCC(CC(C)(C)C)NC2=O. The number of hydrogen-bond donors (Lipinski definition) is 1. The van der Waals surface area contributed by atoms with Crippen molar-refractivity contribution in [1.29, 1.82) is 0 Å². The van der Waals surface area contributed by atoms with E-state index in [1.165, 1.54) is 0 Å². The molecule has 1 aromatic carbocycles. The maximum Gasteiger partial charge on any atom is 0.251 e. The first-order valence-electron chi connectivity index (χ1n) is 7.95. The number of nitrogens with one attached hydrogen (secondary N) is 1. The molecule has 1 unspecified atom stereocenters. The van der Waals surface area contributed by atoms with Crippen LogP contribution < -0.4 is 10.1 Å². The van der Waals surface area contributed by atoms with Crippen LogP contribution in [-0.2, 0) is 6.42 Å². The normalized spacial score (nSPS) is 18.7. The molecular weight excluding hydrogens is 262 g/mol. The van der Waals surface area contributed by atoms with Crippen molar-refractivity contribution < 1.29 is 9.53 Å². The Bertz CT molecular complexity index is 502. The number of carbonyl (C=O) groups is 1. The van der Waals surface area contributed by atoms with Gasteiger partial charge in [0.05, 0.1) is 6.61 Å². The van der Waals surface area contributed by atoms with E-state index in [0.29, 0.717) is 0 Å². The third-order valence-electron chi connectivity index (χ3n) is 3.75. The van der Waals surface area contributed by atoms with Crippen molar-refractivity contribution in [3.05, 3.63) is 29.3 Å². The second kappa shape index (κ2) is 6.50. The largest absolute Gasteiger partial charge is 0.494 e. The average Bonchev–Trinajstić information content (AvgIpc) is 2.54. The predicted octanol–water partition coefficient (Wildman–Crippen LogP) is 3.96. The van der Waals surface area contributed by atoms with Crippen LogP contribution in [-0.4, -0.2) is 18.6 Å². The molecule has 1 amide bonds. The summed E-state index contributed by atoms with van der Waals surface area (Å²) in [5, 5.41) is 3.17. The fourth-order valence-electron chi connectivity index (χ4n) is 2.87. The van der Waals surface area contributed by atoms with Crippen molar-refractivity contribution in [3.63, 3.8) is 0 Å². The lowest BCUT2D eigenvalue weighted by atomic mass is 9.86. The molecule has 1 N–H and O–H groups in total. The lowest BCUT2D eigenvalue weighted by Crippen LogP contribution is -2.36. The van der Waals surface area contributed by atoms with Gasteiger partial charge in [0.25, 0.3) is 5.91 Å². The molecule has 3 heteroatoms. The highest BCUT2D eigenvalue weighted by atomic mass is 16.5. The zero-order valence-electron chi connectivity index (χ0n) is 13.7. The third-order valence-corrected chi connectivity index (χ3v) is 3.75. The van der Waals surface area contributed by atoms with E-state index in [-0.39, 0.29) is 17.4 Å². The lowest BCUT2D eigenvalue weighted by molar-refractivity contribution is 0.0929. The minimum atomic E-state index is 0.0544. The van der Waals surface area contributed by atoms with Crippen LogP contribution in [0.15, 0.2) is 18.2 Å². The topological polar surface area (TPSA) is 38.3 Å². The van der Waals surface area contributed by atoms with Crippen molar-refractivity contribution >= 4 is 5.91 Å². The molecule has 1 aliphatic rings. The molecule has 0 saturated heterocycles. The van der Waals surface area contributed by atoms with Crippen LogP contribution in [0.1, 0.15) is 62.9 Å². The quantitative estimate of drug-likeness (QED) is 0.911. The van der Waals surface area contributed by atoms with Gasteiger partial charge in [0.1, 0.15) is 5.75 Å². The summed E-state index contributed by atoms with van der Waals surface area (Å²) in [6.07, 6.45) is 3.92. The van der Waals surface area contributed by atoms with E-state index >= 15 is 0 Å². The Morgan fingerprint density at radius 1 is 1.33 bits per heavy atom. The lowest BCUT2D eigenvalue weighted by Gasteiger charge is -2.25. The second-order valence-electron chi connectivity index (χ2n) is 7.14. The molecule has 2 rings (SSSR count). The van der Waals surface area contributed by atoms with Gasteiger partial charge in [0, 0.05) is 11.6 Å². The van der Waals surface area contributed by atoms with Crippen molar-refractivity contribution in [2.24, 2.45) is 5.41 Å². The zero-order valence-corrected chi connectivity index (χ0v) is 13.7. The van der Waals surface area contributed by atoms with Crippen LogP contribution in [0.2, 0.25) is 0 Å². The fourth-order valence-corrected chi connectivity index (χ4v) is 2.87. The van der Waals surface area contributed by atoms with Crippen LogP contribution in [0.25, 0.3) is 0 Å². The van der Waals surface area contributed by atoms with Crippen LogP contribution in [0, 0.1) is 5.41 Å². The Kier molecular flexibility index (Phi) is 4.92. The molecule has 0 fully saturated rings. The summed E-state index contributed by atoms with van der Waals surface area (Å²) in [6.45, 7) is 9.46. The first kappa shape index (κ1) is 15.9. The molecule has 116 valence electrons. The summed E-state index contributed by atoms with van der Waals surface area (Å²) in [4.78, 5) is 12.4. The molecule has 1 aromatic rings. The van der Waals surface area contributed by atoms with Crippen LogP contribution in [0.3, 0.4) is 0 Å². The highest BCUT2D eigenvalue weighted by Gasteiger charge is 2.25. The summed E-state index contributed by atoms with van der Waals surface area (Å²) in [5.74, 6) is 0.927. The number of rotatable bonds is 4. The van der Waals surface area contributed by atoms with E-state index in [4.69, 9.17) is 4.74 Å². The standard InChI is InChI=1S/C18H27NO2/c1-5-10-21-15-8-9-16-13(11-15)6-7-14(19-17(16)20)12-18(2,3)4/h8-9,11,14H,5-7,10,12H2,1-4H3,(H,19,20). The first-order chi connectivity index (χ1) is 9.89. The number of hydrogen-bond acceptors (Lipinski definition) is 2. The molecule has 3 nitrogen and oxygen atoms in total. The van der Waals surface area contributed by atoms with Gasteiger partial charge in [-0.3, -0.25) is 4.79 Å². The predicted molar refractivity (Wildman–Crippen MR) is 85.9 cm³/mol. The van der Waals surface area contributed by atoms with Crippen molar-refractivity contribution in [3.8, 4) is 5.75 Å². The first-order valence-corrected chi connectivity index (χ1v) is 7.95. The average molecular weight is 289 g/mol. The Labute approximate surface area is 128 Å². The maximum absolute atomic E-state index is 12.4. The van der Waals surface area contributed by atoms with Gasteiger partial charge in [0.2, 0.25) is 0 Å². The number of benzene rings is 1. The number of ether oxygens (including phenoxy) is 1. The summed E-state index contributed by atoms with van der Waals surface area (Å²) >= 11 is 0.